The van der Waals surface area contributed by atoms with Crippen LogP contribution in [-0.4, -0.2) is 59.5 Å². The molecule has 1 N–H and O–H groups in total. The highest BCUT2D eigenvalue weighted by Gasteiger charge is 2.32. The van der Waals surface area contributed by atoms with Crippen molar-refractivity contribution in [3.63, 3.8) is 0 Å². The molecule has 0 radical (unpaired) electrons. The van der Waals surface area contributed by atoms with Gasteiger partial charge in [0.2, 0.25) is 5.88 Å². The van der Waals surface area contributed by atoms with Crippen LogP contribution in [0, 0.1) is 0 Å². The fraction of sp³-hybridized carbons (Fsp3) is 0.474. The number of ether oxygens (including phenoxy) is 3. The third kappa shape index (κ3) is 4.25. The number of hydrogen-bond donors (Lipinski definition) is 1. The molecule has 10 nitrogen and oxygen atoms in total. The van der Waals surface area contributed by atoms with Crippen molar-refractivity contribution >= 4 is 34.3 Å². The number of aryl methyl sites for hydroxylation is 1. The summed E-state index contributed by atoms with van der Waals surface area (Å²) in [7, 11) is 3.11. The lowest BCUT2D eigenvalue weighted by atomic mass is 10.0. The first-order valence-electron chi connectivity index (χ1n) is 9.51. The number of nitrogens with one attached hydrogen (secondary N) is 1. The van der Waals surface area contributed by atoms with Gasteiger partial charge in [0.1, 0.15) is 10.6 Å². The average molecular weight is 436 g/mol. The standard InChI is InChI=1S/C19H24N4O6S/c1-5-28-18(25)14-11-7-8-23(19(26)29-6-2)10-13(11)30-17(14)20-15(24)12-9-22(3)21-16(12)27-4/h9H,5-8,10H2,1-4H3,(H,20,24). The molecule has 0 aromatic carbocycles. The number of nitrogens with zero attached hydrogens (tertiary/aromatic N) is 3. The largest absolute Gasteiger partial charge is 0.479 e. The summed E-state index contributed by atoms with van der Waals surface area (Å²) in [5.74, 6) is -0.776. The Morgan fingerprint density at radius 3 is 2.63 bits per heavy atom. The third-order valence-electron chi connectivity index (χ3n) is 4.52. The Bertz CT molecular complexity index is 967. The van der Waals surface area contributed by atoms with Gasteiger partial charge in [0.25, 0.3) is 5.91 Å². The van der Waals surface area contributed by atoms with E-state index in [0.29, 0.717) is 30.1 Å². The van der Waals surface area contributed by atoms with Crippen molar-refractivity contribution in [2.24, 2.45) is 7.05 Å². The number of esters is 1. The molecule has 1 aliphatic rings. The molecular formula is C19H24N4O6S. The van der Waals surface area contributed by atoms with Gasteiger partial charge in [-0.1, -0.05) is 0 Å². The van der Waals surface area contributed by atoms with Crippen LogP contribution in [0.1, 0.15) is 45.0 Å². The summed E-state index contributed by atoms with van der Waals surface area (Å²) < 4.78 is 16.9. The Kier molecular flexibility index (Phi) is 6.60. The molecule has 0 spiro atoms. The van der Waals surface area contributed by atoms with Gasteiger partial charge >= 0.3 is 12.1 Å². The Balaban J connectivity index is 1.93. The molecule has 162 valence electrons. The fourth-order valence-electron chi connectivity index (χ4n) is 3.23. The van der Waals surface area contributed by atoms with Gasteiger partial charge in [-0.2, -0.15) is 0 Å². The van der Waals surface area contributed by atoms with Gasteiger partial charge in [0.05, 0.1) is 32.4 Å². The van der Waals surface area contributed by atoms with Crippen molar-refractivity contribution < 1.29 is 28.6 Å². The number of fused-ring (bicyclic) bond motifs is 1. The van der Waals surface area contributed by atoms with Gasteiger partial charge in [0, 0.05) is 24.7 Å². The molecular weight excluding hydrogens is 412 g/mol. The smallest absolute Gasteiger partial charge is 0.410 e. The Hall–Kier alpha value is -3.08. The zero-order valence-electron chi connectivity index (χ0n) is 17.3. The molecule has 2 aromatic heterocycles. The van der Waals surface area contributed by atoms with Gasteiger partial charge < -0.3 is 24.4 Å². The normalized spacial score (nSPS) is 12.9. The van der Waals surface area contributed by atoms with Crippen LogP contribution in [0.3, 0.4) is 0 Å². The second-order valence-corrected chi connectivity index (χ2v) is 7.58. The van der Waals surface area contributed by atoms with E-state index < -0.39 is 18.0 Å². The number of carbonyl (C=O) groups excluding carboxylic acids is 3. The minimum absolute atomic E-state index is 0.183. The highest BCUT2D eigenvalue weighted by molar-refractivity contribution is 7.17. The summed E-state index contributed by atoms with van der Waals surface area (Å²) in [6.07, 6.45) is 1.60. The number of thiophene rings is 1. The maximum Gasteiger partial charge on any atom is 0.410 e. The van der Waals surface area contributed by atoms with Crippen molar-refractivity contribution in [2.45, 2.75) is 26.8 Å². The van der Waals surface area contributed by atoms with E-state index in [4.69, 9.17) is 14.2 Å². The number of rotatable bonds is 6. The van der Waals surface area contributed by atoms with Gasteiger partial charge in [-0.3, -0.25) is 9.48 Å². The molecule has 1 aliphatic heterocycles. The first-order chi connectivity index (χ1) is 14.4. The maximum atomic E-state index is 12.8. The topological polar surface area (TPSA) is 112 Å². The van der Waals surface area contributed by atoms with E-state index in [9.17, 15) is 14.4 Å². The lowest BCUT2D eigenvalue weighted by molar-refractivity contribution is 0.0526. The highest BCUT2D eigenvalue weighted by Crippen LogP contribution is 2.38. The van der Waals surface area contributed by atoms with E-state index in [1.807, 2.05) is 0 Å². The van der Waals surface area contributed by atoms with Crippen molar-refractivity contribution in [1.82, 2.24) is 14.7 Å². The Labute approximate surface area is 177 Å². The van der Waals surface area contributed by atoms with Crippen LogP contribution in [0.5, 0.6) is 5.88 Å². The number of hydrogen-bond acceptors (Lipinski definition) is 8. The van der Waals surface area contributed by atoms with Crippen LogP contribution < -0.4 is 10.1 Å². The van der Waals surface area contributed by atoms with Crippen LogP contribution in [-0.2, 0) is 29.5 Å². The number of methoxy groups -OCH3 is 1. The van der Waals surface area contributed by atoms with Crippen molar-refractivity contribution in [2.75, 3.05) is 32.2 Å². The van der Waals surface area contributed by atoms with E-state index >= 15 is 0 Å². The minimum Gasteiger partial charge on any atom is -0.479 e. The third-order valence-corrected chi connectivity index (χ3v) is 5.65. The molecule has 3 heterocycles. The predicted molar refractivity (Wildman–Crippen MR) is 109 cm³/mol. The quantitative estimate of drug-likeness (QED) is 0.692. The van der Waals surface area contributed by atoms with E-state index in [1.54, 1.807) is 25.8 Å². The highest BCUT2D eigenvalue weighted by atomic mass is 32.1. The number of amides is 2. The molecule has 0 aliphatic carbocycles. The zero-order chi connectivity index (χ0) is 21.8. The monoisotopic (exact) mass is 436 g/mol. The van der Waals surface area contributed by atoms with Crippen molar-refractivity contribution in [3.05, 3.63) is 27.8 Å². The lowest BCUT2D eigenvalue weighted by Crippen LogP contribution is -2.36. The van der Waals surface area contributed by atoms with E-state index in [2.05, 4.69) is 10.4 Å². The van der Waals surface area contributed by atoms with Crippen LogP contribution in [0.2, 0.25) is 0 Å². The number of carbonyl (C=O) groups is 3. The molecule has 0 unspecified atom stereocenters. The number of aromatic nitrogens is 2. The lowest BCUT2D eigenvalue weighted by Gasteiger charge is -2.26. The Morgan fingerprint density at radius 1 is 1.23 bits per heavy atom. The SMILES string of the molecule is CCOC(=O)c1c(NC(=O)c2cn(C)nc2OC)sc2c1CCN(C(=O)OCC)C2. The first kappa shape index (κ1) is 21.6. The zero-order valence-corrected chi connectivity index (χ0v) is 18.1. The van der Waals surface area contributed by atoms with Crippen LogP contribution in [0.4, 0.5) is 9.80 Å². The molecule has 0 saturated carbocycles. The maximum absolute atomic E-state index is 12.8. The molecule has 0 fully saturated rings. The second-order valence-electron chi connectivity index (χ2n) is 6.48. The fourth-order valence-corrected chi connectivity index (χ4v) is 4.47. The second kappa shape index (κ2) is 9.16. The van der Waals surface area contributed by atoms with Gasteiger partial charge in [-0.15, -0.1) is 16.4 Å². The first-order valence-corrected chi connectivity index (χ1v) is 10.3. The van der Waals surface area contributed by atoms with Gasteiger partial charge in [0.15, 0.2) is 0 Å². The molecule has 11 heteroatoms. The molecule has 30 heavy (non-hydrogen) atoms. The summed E-state index contributed by atoms with van der Waals surface area (Å²) in [5.41, 5.74) is 1.36. The molecule has 0 bridgehead atoms. The van der Waals surface area contributed by atoms with E-state index in [1.165, 1.54) is 29.3 Å². The van der Waals surface area contributed by atoms with Crippen LogP contribution >= 0.6 is 11.3 Å². The van der Waals surface area contributed by atoms with Crippen molar-refractivity contribution in [3.8, 4) is 5.88 Å². The van der Waals surface area contributed by atoms with Crippen LogP contribution in [0.25, 0.3) is 0 Å². The summed E-state index contributed by atoms with van der Waals surface area (Å²) in [6.45, 7) is 4.68. The Morgan fingerprint density at radius 2 is 1.97 bits per heavy atom. The average Bonchev–Trinajstić information content (AvgIpc) is 3.27. The predicted octanol–water partition coefficient (Wildman–Crippen LogP) is 2.43. The number of anilines is 1. The summed E-state index contributed by atoms with van der Waals surface area (Å²) >= 11 is 1.25. The summed E-state index contributed by atoms with van der Waals surface area (Å²) in [4.78, 5) is 40.0. The molecule has 0 atom stereocenters. The molecule has 3 rings (SSSR count). The van der Waals surface area contributed by atoms with E-state index in [0.717, 1.165) is 10.4 Å². The van der Waals surface area contributed by atoms with Gasteiger partial charge in [-0.25, -0.2) is 9.59 Å². The summed E-state index contributed by atoms with van der Waals surface area (Å²) in [5, 5.41) is 7.24. The summed E-state index contributed by atoms with van der Waals surface area (Å²) in [6, 6.07) is 0. The molecule has 0 saturated heterocycles. The van der Waals surface area contributed by atoms with Gasteiger partial charge in [-0.05, 0) is 25.8 Å². The molecule has 2 aromatic rings. The molecule has 2 amide bonds. The van der Waals surface area contributed by atoms with Crippen molar-refractivity contribution in [1.29, 1.82) is 0 Å². The van der Waals surface area contributed by atoms with Crippen LogP contribution in [0.15, 0.2) is 6.20 Å². The van der Waals surface area contributed by atoms with E-state index in [-0.39, 0.29) is 24.7 Å². The minimum atomic E-state index is -0.506.